The summed E-state index contributed by atoms with van der Waals surface area (Å²) in [4.78, 5) is 62.1. The van der Waals surface area contributed by atoms with Gasteiger partial charge >= 0.3 is 29.8 Å². The molecule has 0 aliphatic heterocycles. The Kier molecular flexibility index (Phi) is 11.6. The molecule has 0 aliphatic carbocycles. The predicted octanol–water partition coefficient (Wildman–Crippen LogP) is 7.43. The number of hydrogen-bond acceptors (Lipinski definition) is 10. The van der Waals surface area contributed by atoms with Gasteiger partial charge in [-0.25, -0.2) is 24.0 Å². The summed E-state index contributed by atoms with van der Waals surface area (Å²) in [5.74, 6) is -3.83. The van der Waals surface area contributed by atoms with E-state index < -0.39 is 29.8 Å². The zero-order chi connectivity index (χ0) is 35.9. The van der Waals surface area contributed by atoms with Crippen molar-refractivity contribution in [3.63, 3.8) is 0 Å². The van der Waals surface area contributed by atoms with Crippen molar-refractivity contribution < 1.29 is 47.7 Å². The van der Waals surface area contributed by atoms with Gasteiger partial charge in [-0.15, -0.1) is 0 Å². The van der Waals surface area contributed by atoms with Crippen molar-refractivity contribution >= 4 is 29.8 Å². The largest absolute Gasteiger partial charge is 0.423 e. The molecule has 0 spiro atoms. The molecule has 0 saturated heterocycles. The van der Waals surface area contributed by atoms with Gasteiger partial charge in [0.2, 0.25) is 0 Å². The van der Waals surface area contributed by atoms with Crippen LogP contribution in [0.1, 0.15) is 34.6 Å². The topological polar surface area (TPSA) is 132 Å². The number of hydrogen-bond donors (Lipinski definition) is 0. The fourth-order valence-electron chi connectivity index (χ4n) is 3.65. The molecule has 0 atom stereocenters. The molecule has 0 heterocycles. The van der Waals surface area contributed by atoms with Gasteiger partial charge in [0, 0.05) is 33.4 Å². The van der Waals surface area contributed by atoms with Gasteiger partial charge in [0.05, 0.1) is 0 Å². The SMILES string of the molecule is C=C(C)C(=O)Oc1ccc(-c2ccc(-c3ccc(OC(=O)C(=C)C)c(OC(=O)C(=C)C)c3)c(OC(=O)C(=C)C)c2)cc1OC(=O)C(=C)C. The molecule has 3 aromatic rings. The molecule has 0 aromatic heterocycles. The van der Waals surface area contributed by atoms with Gasteiger partial charge in [0.1, 0.15) is 5.75 Å². The lowest BCUT2D eigenvalue weighted by Gasteiger charge is -2.16. The zero-order valence-electron chi connectivity index (χ0n) is 27.3. The Morgan fingerprint density at radius 1 is 0.375 bits per heavy atom. The Labute approximate surface area is 278 Å². The summed E-state index contributed by atoms with van der Waals surface area (Å²) in [6.45, 7) is 25.3. The van der Waals surface area contributed by atoms with E-state index >= 15 is 0 Å². The van der Waals surface area contributed by atoms with Gasteiger partial charge in [-0.1, -0.05) is 57.2 Å². The summed E-state index contributed by atoms with van der Waals surface area (Å²) in [6, 6.07) is 13.9. The average Bonchev–Trinajstić information content (AvgIpc) is 3.02. The van der Waals surface area contributed by atoms with Crippen molar-refractivity contribution in [2.75, 3.05) is 0 Å². The minimum absolute atomic E-state index is 0.0313. The van der Waals surface area contributed by atoms with Crippen molar-refractivity contribution in [1.29, 1.82) is 0 Å². The normalized spacial score (nSPS) is 10.2. The van der Waals surface area contributed by atoms with Crippen molar-refractivity contribution in [3.05, 3.63) is 115 Å². The standard InChI is InChI=1S/C38H34O10/c1-20(2)34(39)44-29-15-12-26(18-32(29)47-37(42)23(7)8)25-11-14-28(31(17-25)46-36(41)22(5)6)27-13-16-30(45-35(40)21(3)4)33(19-27)48-38(43)24(9)10/h11-19H,1,3,5,7,9H2,2,4,6,8,10H3. The number of benzene rings is 3. The van der Waals surface area contributed by atoms with Gasteiger partial charge in [0.25, 0.3) is 0 Å². The maximum Gasteiger partial charge on any atom is 0.338 e. The molecule has 0 saturated carbocycles. The van der Waals surface area contributed by atoms with Crippen LogP contribution in [-0.4, -0.2) is 29.8 Å². The van der Waals surface area contributed by atoms with Crippen LogP contribution in [0.5, 0.6) is 28.7 Å². The zero-order valence-corrected chi connectivity index (χ0v) is 27.3. The van der Waals surface area contributed by atoms with Crippen molar-refractivity contribution in [1.82, 2.24) is 0 Å². The minimum atomic E-state index is -0.760. The highest BCUT2D eigenvalue weighted by molar-refractivity contribution is 5.94. The van der Waals surface area contributed by atoms with Gasteiger partial charge < -0.3 is 23.7 Å². The van der Waals surface area contributed by atoms with E-state index in [-0.39, 0.29) is 56.6 Å². The quantitative estimate of drug-likeness (QED) is 0.111. The maximum absolute atomic E-state index is 12.7. The lowest BCUT2D eigenvalue weighted by atomic mass is 9.98. The van der Waals surface area contributed by atoms with Crippen LogP contribution in [0.3, 0.4) is 0 Å². The summed E-state index contributed by atoms with van der Waals surface area (Å²) in [5.41, 5.74) is 2.42. The van der Waals surface area contributed by atoms with Crippen molar-refractivity contribution in [2.45, 2.75) is 34.6 Å². The van der Waals surface area contributed by atoms with Crippen LogP contribution >= 0.6 is 0 Å². The third-order valence-electron chi connectivity index (χ3n) is 6.27. The Balaban J connectivity index is 2.20. The fourth-order valence-corrected chi connectivity index (χ4v) is 3.65. The first kappa shape index (κ1) is 36.2. The molecule has 0 N–H and O–H groups in total. The smallest absolute Gasteiger partial charge is 0.338 e. The summed E-state index contributed by atoms with van der Waals surface area (Å²) in [7, 11) is 0. The number of rotatable bonds is 12. The number of carbonyl (C=O) groups excluding carboxylic acids is 5. The first-order valence-electron chi connectivity index (χ1n) is 14.3. The van der Waals surface area contributed by atoms with E-state index in [0.29, 0.717) is 22.3 Å². The van der Waals surface area contributed by atoms with Crippen molar-refractivity contribution in [2.24, 2.45) is 0 Å². The number of esters is 5. The molecule has 10 heteroatoms. The molecule has 0 unspecified atom stereocenters. The van der Waals surface area contributed by atoms with Crippen LogP contribution in [0.2, 0.25) is 0 Å². The third kappa shape index (κ3) is 9.13. The van der Waals surface area contributed by atoms with Crippen LogP contribution < -0.4 is 23.7 Å². The molecule has 0 bridgehead atoms. The monoisotopic (exact) mass is 650 g/mol. The van der Waals surface area contributed by atoms with E-state index in [2.05, 4.69) is 32.9 Å². The van der Waals surface area contributed by atoms with Crippen LogP contribution in [0.4, 0.5) is 0 Å². The van der Waals surface area contributed by atoms with Gasteiger partial charge in [0.15, 0.2) is 23.0 Å². The molecular formula is C38H34O10. The summed E-state index contributed by atoms with van der Waals surface area (Å²) < 4.78 is 27.3. The lowest BCUT2D eigenvalue weighted by molar-refractivity contribution is -0.132. The van der Waals surface area contributed by atoms with Crippen LogP contribution in [0, 0.1) is 0 Å². The summed E-state index contributed by atoms with van der Waals surface area (Å²) in [6.07, 6.45) is 0. The second-order valence-corrected chi connectivity index (χ2v) is 10.9. The molecule has 0 aliphatic rings. The van der Waals surface area contributed by atoms with E-state index in [0.717, 1.165) is 0 Å². The van der Waals surface area contributed by atoms with E-state index in [1.165, 1.54) is 58.9 Å². The van der Waals surface area contributed by atoms with E-state index in [4.69, 9.17) is 23.7 Å². The molecule has 0 radical (unpaired) electrons. The van der Waals surface area contributed by atoms with Crippen molar-refractivity contribution in [3.8, 4) is 51.0 Å². The fraction of sp³-hybridized carbons (Fsp3) is 0.132. The average molecular weight is 651 g/mol. The minimum Gasteiger partial charge on any atom is -0.423 e. The van der Waals surface area contributed by atoms with Crippen LogP contribution in [0.15, 0.2) is 115 Å². The molecule has 10 nitrogen and oxygen atoms in total. The molecule has 3 aromatic carbocycles. The molecule has 0 fully saturated rings. The van der Waals surface area contributed by atoms with Crippen LogP contribution in [0.25, 0.3) is 22.3 Å². The molecule has 246 valence electrons. The van der Waals surface area contributed by atoms with E-state index in [1.54, 1.807) is 30.3 Å². The van der Waals surface area contributed by atoms with Gasteiger partial charge in [-0.2, -0.15) is 0 Å². The summed E-state index contributed by atoms with van der Waals surface area (Å²) in [5, 5.41) is 0. The Bertz CT molecular complexity index is 1930. The first-order chi connectivity index (χ1) is 22.5. The molecular weight excluding hydrogens is 616 g/mol. The van der Waals surface area contributed by atoms with Gasteiger partial charge in [-0.3, -0.25) is 0 Å². The Hall–Kier alpha value is -6.29. The number of ether oxygens (including phenoxy) is 5. The molecule has 48 heavy (non-hydrogen) atoms. The van der Waals surface area contributed by atoms with Crippen LogP contribution in [-0.2, 0) is 24.0 Å². The van der Waals surface area contributed by atoms with E-state index in [9.17, 15) is 24.0 Å². The molecule has 0 amide bonds. The first-order valence-corrected chi connectivity index (χ1v) is 14.3. The third-order valence-corrected chi connectivity index (χ3v) is 6.27. The Morgan fingerprint density at radius 2 is 0.646 bits per heavy atom. The summed E-state index contributed by atoms with van der Waals surface area (Å²) >= 11 is 0. The number of carbonyl (C=O) groups is 5. The highest BCUT2D eigenvalue weighted by Gasteiger charge is 2.21. The maximum atomic E-state index is 12.7. The Morgan fingerprint density at radius 3 is 1.02 bits per heavy atom. The molecule has 3 rings (SSSR count). The highest BCUT2D eigenvalue weighted by atomic mass is 16.6. The van der Waals surface area contributed by atoms with E-state index in [1.807, 2.05) is 0 Å². The lowest BCUT2D eigenvalue weighted by Crippen LogP contribution is -2.13. The highest BCUT2D eigenvalue weighted by Crippen LogP contribution is 2.41. The predicted molar refractivity (Wildman–Crippen MR) is 180 cm³/mol. The second kappa shape index (κ2) is 15.3. The second-order valence-electron chi connectivity index (χ2n) is 10.9. The van der Waals surface area contributed by atoms with Gasteiger partial charge in [-0.05, 0) is 81.6 Å².